The fourth-order valence-corrected chi connectivity index (χ4v) is 1.98. The molecule has 0 aliphatic carbocycles. The molecule has 0 bridgehead atoms. The van der Waals surface area contributed by atoms with Crippen LogP contribution in [-0.4, -0.2) is 31.5 Å². The van der Waals surface area contributed by atoms with Crippen molar-refractivity contribution in [1.82, 2.24) is 0 Å². The summed E-state index contributed by atoms with van der Waals surface area (Å²) in [4.78, 5) is 34.6. The lowest BCUT2D eigenvalue weighted by Crippen LogP contribution is -2.20. The predicted molar refractivity (Wildman–Crippen MR) is 92.7 cm³/mol. The van der Waals surface area contributed by atoms with E-state index in [9.17, 15) is 14.4 Å². The van der Waals surface area contributed by atoms with Gasteiger partial charge in [0.1, 0.15) is 5.75 Å². The van der Waals surface area contributed by atoms with Crippen molar-refractivity contribution in [1.29, 1.82) is 0 Å². The molecule has 0 radical (unpaired) electrons. The third-order valence-corrected chi connectivity index (χ3v) is 3.15. The second-order valence-electron chi connectivity index (χ2n) is 5.11. The molecule has 2 amide bonds. The summed E-state index contributed by atoms with van der Waals surface area (Å²) in [6, 6.07) is 12.9. The summed E-state index contributed by atoms with van der Waals surface area (Å²) < 4.78 is 9.97. The Morgan fingerprint density at radius 2 is 1.44 bits per heavy atom. The zero-order valence-corrected chi connectivity index (χ0v) is 13.9. The van der Waals surface area contributed by atoms with Crippen LogP contribution in [0.15, 0.2) is 48.5 Å². The van der Waals surface area contributed by atoms with Gasteiger partial charge in [-0.2, -0.15) is 0 Å². The van der Waals surface area contributed by atoms with Crippen LogP contribution in [0.25, 0.3) is 0 Å². The van der Waals surface area contributed by atoms with E-state index in [1.807, 2.05) is 0 Å². The van der Waals surface area contributed by atoms with Gasteiger partial charge in [-0.3, -0.25) is 9.59 Å². The Bertz CT molecular complexity index is 754. The monoisotopic (exact) mass is 342 g/mol. The van der Waals surface area contributed by atoms with Gasteiger partial charge in [0, 0.05) is 18.3 Å². The van der Waals surface area contributed by atoms with E-state index in [-0.39, 0.29) is 5.91 Å². The minimum atomic E-state index is -0.598. The minimum absolute atomic E-state index is 0.178. The molecule has 0 fully saturated rings. The van der Waals surface area contributed by atoms with Gasteiger partial charge in [-0.15, -0.1) is 0 Å². The molecule has 130 valence electrons. The Morgan fingerprint density at radius 3 is 1.96 bits per heavy atom. The van der Waals surface area contributed by atoms with E-state index in [2.05, 4.69) is 10.6 Å². The normalized spacial score (nSPS) is 9.84. The van der Waals surface area contributed by atoms with Crippen LogP contribution in [-0.2, 0) is 14.3 Å². The number of hydrogen-bond donors (Lipinski definition) is 2. The molecule has 0 aliphatic heterocycles. The number of carbonyl (C=O) groups excluding carboxylic acids is 3. The number of hydrogen-bond acceptors (Lipinski definition) is 5. The molecule has 0 atom stereocenters. The van der Waals surface area contributed by atoms with E-state index < -0.39 is 18.5 Å². The van der Waals surface area contributed by atoms with E-state index in [0.717, 1.165) is 0 Å². The highest BCUT2D eigenvalue weighted by Gasteiger charge is 2.10. The number of ether oxygens (including phenoxy) is 2. The average Bonchev–Trinajstić information content (AvgIpc) is 2.61. The highest BCUT2D eigenvalue weighted by Crippen LogP contribution is 2.14. The first kappa shape index (κ1) is 18.0. The number of nitrogens with one attached hydrogen (secondary N) is 2. The Balaban J connectivity index is 1.83. The second kappa shape index (κ2) is 8.49. The first-order valence-corrected chi connectivity index (χ1v) is 7.46. The number of amides is 2. The molecule has 25 heavy (non-hydrogen) atoms. The standard InChI is InChI=1S/C18H18N2O5/c1-12(21)19-14-5-7-15(8-6-14)20-17(22)11-25-18(23)13-3-9-16(24-2)10-4-13/h3-10H,11H2,1-2H3,(H,19,21)(H,20,22). The fourth-order valence-electron chi connectivity index (χ4n) is 1.98. The van der Waals surface area contributed by atoms with Gasteiger partial charge in [-0.1, -0.05) is 0 Å². The number of benzene rings is 2. The molecule has 0 saturated carbocycles. The van der Waals surface area contributed by atoms with E-state index in [1.54, 1.807) is 48.5 Å². The van der Waals surface area contributed by atoms with Gasteiger partial charge in [0.2, 0.25) is 5.91 Å². The van der Waals surface area contributed by atoms with Crippen molar-refractivity contribution in [2.75, 3.05) is 24.4 Å². The first-order valence-electron chi connectivity index (χ1n) is 7.46. The van der Waals surface area contributed by atoms with Crippen molar-refractivity contribution in [3.05, 3.63) is 54.1 Å². The van der Waals surface area contributed by atoms with Crippen molar-refractivity contribution >= 4 is 29.2 Å². The van der Waals surface area contributed by atoms with E-state index in [4.69, 9.17) is 9.47 Å². The number of anilines is 2. The molecule has 2 aromatic carbocycles. The van der Waals surface area contributed by atoms with Gasteiger partial charge >= 0.3 is 5.97 Å². The van der Waals surface area contributed by atoms with Gasteiger partial charge in [-0.25, -0.2) is 4.79 Å². The van der Waals surface area contributed by atoms with Crippen LogP contribution in [0.5, 0.6) is 5.75 Å². The molecule has 0 saturated heterocycles. The fraction of sp³-hybridized carbons (Fsp3) is 0.167. The molecule has 0 heterocycles. The van der Waals surface area contributed by atoms with Crippen molar-refractivity contribution < 1.29 is 23.9 Å². The van der Waals surface area contributed by atoms with Crippen LogP contribution < -0.4 is 15.4 Å². The molecule has 0 aromatic heterocycles. The van der Waals surface area contributed by atoms with Crippen LogP contribution in [0.2, 0.25) is 0 Å². The lowest BCUT2D eigenvalue weighted by Gasteiger charge is -2.08. The number of esters is 1. The Hall–Kier alpha value is -3.35. The maximum Gasteiger partial charge on any atom is 0.338 e. The lowest BCUT2D eigenvalue weighted by molar-refractivity contribution is -0.119. The first-order chi connectivity index (χ1) is 12.0. The maximum atomic E-state index is 11.9. The third-order valence-electron chi connectivity index (χ3n) is 3.15. The van der Waals surface area contributed by atoms with Crippen LogP contribution >= 0.6 is 0 Å². The highest BCUT2D eigenvalue weighted by molar-refractivity contribution is 5.96. The van der Waals surface area contributed by atoms with Crippen LogP contribution in [0.3, 0.4) is 0 Å². The summed E-state index contributed by atoms with van der Waals surface area (Å²) in [5, 5.41) is 5.22. The smallest absolute Gasteiger partial charge is 0.338 e. The van der Waals surface area contributed by atoms with Crippen LogP contribution in [0, 0.1) is 0 Å². The van der Waals surface area contributed by atoms with Gasteiger partial charge in [0.25, 0.3) is 5.91 Å². The van der Waals surface area contributed by atoms with Crippen molar-refractivity contribution in [2.45, 2.75) is 6.92 Å². The molecule has 0 aliphatic rings. The summed E-state index contributed by atoms with van der Waals surface area (Å²) in [5.41, 5.74) is 1.48. The summed E-state index contributed by atoms with van der Waals surface area (Å²) in [6.07, 6.45) is 0. The lowest BCUT2D eigenvalue weighted by atomic mass is 10.2. The Kier molecular flexibility index (Phi) is 6.11. The molecule has 0 unspecified atom stereocenters. The Morgan fingerprint density at radius 1 is 0.880 bits per heavy atom. The number of carbonyl (C=O) groups is 3. The van der Waals surface area contributed by atoms with E-state index >= 15 is 0 Å². The van der Waals surface area contributed by atoms with Crippen molar-refractivity contribution in [2.24, 2.45) is 0 Å². The summed E-state index contributed by atoms with van der Waals surface area (Å²) in [6.45, 7) is 1.01. The minimum Gasteiger partial charge on any atom is -0.497 e. The van der Waals surface area contributed by atoms with E-state index in [1.165, 1.54) is 14.0 Å². The number of rotatable bonds is 6. The van der Waals surface area contributed by atoms with Gasteiger partial charge in [0.05, 0.1) is 12.7 Å². The van der Waals surface area contributed by atoms with Crippen molar-refractivity contribution in [3.8, 4) is 5.75 Å². The second-order valence-corrected chi connectivity index (χ2v) is 5.11. The summed E-state index contributed by atoms with van der Waals surface area (Å²) in [7, 11) is 1.53. The molecule has 7 heteroatoms. The van der Waals surface area contributed by atoms with E-state index in [0.29, 0.717) is 22.7 Å². The number of methoxy groups -OCH3 is 1. The molecule has 2 rings (SSSR count). The highest BCUT2D eigenvalue weighted by atomic mass is 16.5. The largest absolute Gasteiger partial charge is 0.497 e. The van der Waals surface area contributed by atoms with Gasteiger partial charge in [-0.05, 0) is 48.5 Å². The molecular weight excluding hydrogens is 324 g/mol. The summed E-state index contributed by atoms with van der Waals surface area (Å²) >= 11 is 0. The molecule has 2 N–H and O–H groups in total. The SMILES string of the molecule is COc1ccc(C(=O)OCC(=O)Nc2ccc(NC(C)=O)cc2)cc1. The zero-order valence-electron chi connectivity index (χ0n) is 13.9. The van der Waals surface area contributed by atoms with Gasteiger partial charge in [0.15, 0.2) is 6.61 Å². The topological polar surface area (TPSA) is 93.7 Å². The summed E-state index contributed by atoms with van der Waals surface area (Å²) in [5.74, 6) is -0.618. The van der Waals surface area contributed by atoms with Crippen molar-refractivity contribution in [3.63, 3.8) is 0 Å². The van der Waals surface area contributed by atoms with Gasteiger partial charge < -0.3 is 20.1 Å². The van der Waals surface area contributed by atoms with Crippen LogP contribution in [0.4, 0.5) is 11.4 Å². The predicted octanol–water partition coefficient (Wildman–Crippen LogP) is 2.45. The molecule has 2 aromatic rings. The quantitative estimate of drug-likeness (QED) is 0.787. The average molecular weight is 342 g/mol. The third kappa shape index (κ3) is 5.65. The zero-order chi connectivity index (χ0) is 18.2. The molecular formula is C18H18N2O5. The molecule has 0 spiro atoms. The maximum absolute atomic E-state index is 11.9. The Labute approximate surface area is 144 Å². The van der Waals surface area contributed by atoms with Crippen LogP contribution in [0.1, 0.15) is 17.3 Å². The molecule has 7 nitrogen and oxygen atoms in total.